The van der Waals surface area contributed by atoms with Crippen LogP contribution in [0.2, 0.25) is 5.02 Å². The normalized spacial score (nSPS) is 26.8. The number of hydrogen-bond donors (Lipinski definition) is 2. The number of rotatable bonds is 3. The first-order valence-electron chi connectivity index (χ1n) is 10.8. The summed E-state index contributed by atoms with van der Waals surface area (Å²) in [6.07, 6.45) is 7.92. The zero-order valence-corrected chi connectivity index (χ0v) is 18.7. The molecular weight excluding hydrogens is 435 g/mol. The molecule has 5 rings (SSSR count). The quantitative estimate of drug-likeness (QED) is 0.729. The van der Waals surface area contributed by atoms with Gasteiger partial charge in [0.2, 0.25) is 0 Å². The number of aromatic nitrogens is 2. The van der Waals surface area contributed by atoms with Crippen molar-refractivity contribution >= 4 is 39.9 Å². The summed E-state index contributed by atoms with van der Waals surface area (Å²) >= 11 is 12.2. The molecule has 164 valence electrons. The minimum Gasteiger partial charge on any atom is -0.390 e. The van der Waals surface area contributed by atoms with E-state index in [9.17, 15) is 10.2 Å². The second-order valence-corrected chi connectivity index (χ2v) is 9.69. The van der Waals surface area contributed by atoms with Crippen molar-refractivity contribution in [3.05, 3.63) is 52.3 Å². The molecule has 0 radical (unpaired) electrons. The Bertz CT molecular complexity index is 1050. The SMILES string of the molecule is OC1CN(c2ncnc3cc(Cl)ccc23)CC1N1CCC(O)(C2=CC=C(Cl)CC2)CC1. The van der Waals surface area contributed by atoms with Crippen molar-refractivity contribution in [1.82, 2.24) is 14.9 Å². The molecule has 0 bridgehead atoms. The molecule has 2 unspecified atom stereocenters. The first-order chi connectivity index (χ1) is 14.9. The Morgan fingerprint density at radius 3 is 2.58 bits per heavy atom. The third kappa shape index (κ3) is 4.08. The highest BCUT2D eigenvalue weighted by molar-refractivity contribution is 6.31. The molecule has 1 aromatic carbocycles. The van der Waals surface area contributed by atoms with E-state index in [1.807, 2.05) is 30.4 Å². The minimum absolute atomic E-state index is 0.0107. The molecule has 1 aliphatic carbocycles. The zero-order valence-electron chi connectivity index (χ0n) is 17.2. The van der Waals surface area contributed by atoms with E-state index in [1.165, 1.54) is 0 Å². The predicted molar refractivity (Wildman–Crippen MR) is 124 cm³/mol. The lowest BCUT2D eigenvalue weighted by atomic mass is 9.80. The zero-order chi connectivity index (χ0) is 21.6. The number of hydrogen-bond acceptors (Lipinski definition) is 6. The monoisotopic (exact) mass is 460 g/mol. The fourth-order valence-electron chi connectivity index (χ4n) is 5.12. The molecule has 2 atom stereocenters. The van der Waals surface area contributed by atoms with Crippen molar-refractivity contribution in [2.45, 2.75) is 43.4 Å². The fourth-order valence-corrected chi connectivity index (χ4v) is 5.44. The van der Waals surface area contributed by atoms with Gasteiger partial charge < -0.3 is 15.1 Å². The number of allylic oxidation sites excluding steroid dienone is 3. The number of likely N-dealkylation sites (tertiary alicyclic amines) is 1. The van der Waals surface area contributed by atoms with Gasteiger partial charge in [-0.05, 0) is 55.5 Å². The summed E-state index contributed by atoms with van der Waals surface area (Å²) in [6, 6.07) is 5.62. The third-order valence-corrected chi connectivity index (χ3v) is 7.48. The molecule has 2 aromatic rings. The van der Waals surface area contributed by atoms with Crippen molar-refractivity contribution in [2.24, 2.45) is 0 Å². The van der Waals surface area contributed by atoms with Crippen LogP contribution < -0.4 is 4.90 Å². The summed E-state index contributed by atoms with van der Waals surface area (Å²) in [4.78, 5) is 13.3. The van der Waals surface area contributed by atoms with Gasteiger partial charge in [-0.15, -0.1) is 0 Å². The van der Waals surface area contributed by atoms with E-state index in [-0.39, 0.29) is 6.04 Å². The molecule has 6 nitrogen and oxygen atoms in total. The van der Waals surface area contributed by atoms with Crippen LogP contribution in [-0.2, 0) is 0 Å². The minimum atomic E-state index is -0.768. The highest BCUT2D eigenvalue weighted by Crippen LogP contribution is 2.37. The maximum atomic E-state index is 11.2. The predicted octanol–water partition coefficient (Wildman–Crippen LogP) is 3.50. The number of aliphatic hydroxyl groups is 2. The summed E-state index contributed by atoms with van der Waals surface area (Å²) in [6.45, 7) is 2.71. The number of benzene rings is 1. The Balaban J connectivity index is 1.29. The van der Waals surface area contributed by atoms with Crippen molar-refractivity contribution in [2.75, 3.05) is 31.1 Å². The van der Waals surface area contributed by atoms with Crippen molar-refractivity contribution in [3.63, 3.8) is 0 Å². The standard InChI is InChI=1S/C23H26Cl2N4O2/c24-16-3-1-15(2-4-16)23(31)7-9-28(10-8-23)20-12-29(13-21(20)30)22-18-6-5-17(25)11-19(18)26-14-27-22/h1,3,5-6,11,14,20-21,30-31H,2,4,7-10,12-13H2. The smallest absolute Gasteiger partial charge is 0.140 e. The molecule has 3 heterocycles. The molecule has 0 amide bonds. The summed E-state index contributed by atoms with van der Waals surface area (Å²) < 4.78 is 0. The highest BCUT2D eigenvalue weighted by atomic mass is 35.5. The third-order valence-electron chi connectivity index (χ3n) is 6.93. The number of β-amino-alcohol motifs (C(OH)–C–C–N with tert-alkyl or cyclic N) is 1. The maximum Gasteiger partial charge on any atom is 0.140 e. The van der Waals surface area contributed by atoms with Gasteiger partial charge in [-0.25, -0.2) is 9.97 Å². The van der Waals surface area contributed by atoms with Gasteiger partial charge in [0.15, 0.2) is 0 Å². The number of fused-ring (bicyclic) bond motifs is 1. The number of halogens is 2. The highest BCUT2D eigenvalue weighted by Gasteiger charge is 2.42. The number of nitrogens with zero attached hydrogens (tertiary/aromatic N) is 4. The summed E-state index contributed by atoms with van der Waals surface area (Å²) in [5.41, 5.74) is 1.11. The molecule has 2 fully saturated rings. The van der Waals surface area contributed by atoms with E-state index in [4.69, 9.17) is 23.2 Å². The van der Waals surface area contributed by atoms with Gasteiger partial charge in [0.25, 0.3) is 0 Å². The lowest BCUT2D eigenvalue weighted by Gasteiger charge is -2.43. The van der Waals surface area contributed by atoms with Crippen LogP contribution in [0.3, 0.4) is 0 Å². The van der Waals surface area contributed by atoms with E-state index in [2.05, 4.69) is 19.8 Å². The molecule has 8 heteroatoms. The average Bonchev–Trinajstić information content (AvgIpc) is 3.15. The number of aliphatic hydroxyl groups excluding tert-OH is 1. The molecule has 2 N–H and O–H groups in total. The van der Waals surface area contributed by atoms with Crippen molar-refractivity contribution in [3.8, 4) is 0 Å². The Labute approximate surface area is 191 Å². The van der Waals surface area contributed by atoms with Crippen LogP contribution in [0, 0.1) is 0 Å². The largest absolute Gasteiger partial charge is 0.390 e. The van der Waals surface area contributed by atoms with E-state index in [0.29, 0.717) is 31.0 Å². The van der Waals surface area contributed by atoms with Gasteiger partial charge in [-0.3, -0.25) is 4.90 Å². The van der Waals surface area contributed by atoms with Crippen LogP contribution in [0.4, 0.5) is 5.82 Å². The molecule has 1 aromatic heterocycles. The van der Waals surface area contributed by atoms with E-state index >= 15 is 0 Å². The van der Waals surface area contributed by atoms with Crippen LogP contribution >= 0.6 is 23.2 Å². The van der Waals surface area contributed by atoms with E-state index in [1.54, 1.807) is 6.33 Å². The van der Waals surface area contributed by atoms with Gasteiger partial charge in [-0.1, -0.05) is 29.3 Å². The first-order valence-corrected chi connectivity index (χ1v) is 11.5. The van der Waals surface area contributed by atoms with Crippen LogP contribution in [0.15, 0.2) is 47.3 Å². The van der Waals surface area contributed by atoms with Crippen LogP contribution in [-0.4, -0.2) is 69.0 Å². The lowest BCUT2D eigenvalue weighted by molar-refractivity contribution is -0.0191. The second kappa shape index (κ2) is 8.34. The second-order valence-electron chi connectivity index (χ2n) is 8.77. The average molecular weight is 461 g/mol. The molecule has 2 saturated heterocycles. The molecule has 31 heavy (non-hydrogen) atoms. The molecule has 3 aliphatic rings. The van der Waals surface area contributed by atoms with Gasteiger partial charge in [0, 0.05) is 41.6 Å². The van der Waals surface area contributed by atoms with Crippen LogP contribution in [0.5, 0.6) is 0 Å². The van der Waals surface area contributed by atoms with Gasteiger partial charge in [0.1, 0.15) is 12.1 Å². The topological polar surface area (TPSA) is 72.7 Å². The molecular formula is C23H26Cl2N4O2. The van der Waals surface area contributed by atoms with Gasteiger partial charge in [0.05, 0.1) is 23.3 Å². The number of anilines is 1. The van der Waals surface area contributed by atoms with E-state index in [0.717, 1.165) is 53.3 Å². The first kappa shape index (κ1) is 21.2. The number of piperidine rings is 1. The van der Waals surface area contributed by atoms with Crippen LogP contribution in [0.25, 0.3) is 10.9 Å². The summed E-state index contributed by atoms with van der Waals surface area (Å²) in [5.74, 6) is 0.827. The molecule has 2 aliphatic heterocycles. The Morgan fingerprint density at radius 2 is 1.84 bits per heavy atom. The molecule has 0 spiro atoms. The summed E-state index contributed by atoms with van der Waals surface area (Å²) in [5, 5.41) is 24.5. The Hall–Kier alpha value is -1.70. The lowest BCUT2D eigenvalue weighted by Crippen LogP contribution is -2.52. The maximum absolute atomic E-state index is 11.2. The Morgan fingerprint density at radius 1 is 1.03 bits per heavy atom. The fraction of sp³-hybridized carbons (Fsp3) is 0.478. The van der Waals surface area contributed by atoms with Crippen molar-refractivity contribution < 1.29 is 10.2 Å². The molecule has 0 saturated carbocycles. The Kier molecular flexibility index (Phi) is 5.69. The van der Waals surface area contributed by atoms with Crippen molar-refractivity contribution in [1.29, 1.82) is 0 Å². The summed E-state index contributed by atoms with van der Waals surface area (Å²) in [7, 11) is 0. The van der Waals surface area contributed by atoms with Gasteiger partial charge >= 0.3 is 0 Å². The van der Waals surface area contributed by atoms with Crippen LogP contribution in [0.1, 0.15) is 25.7 Å². The van der Waals surface area contributed by atoms with Gasteiger partial charge in [-0.2, -0.15) is 0 Å². The van der Waals surface area contributed by atoms with E-state index < -0.39 is 11.7 Å².